The fourth-order valence-electron chi connectivity index (χ4n) is 5.55. The maximum absolute atomic E-state index is 13.5. The van der Waals surface area contributed by atoms with Crippen molar-refractivity contribution in [3.63, 3.8) is 0 Å². The number of carbonyl (C=O) groups is 1. The number of hydrogen-bond acceptors (Lipinski definition) is 4. The van der Waals surface area contributed by atoms with Gasteiger partial charge in [-0.15, -0.1) is 0 Å². The van der Waals surface area contributed by atoms with Crippen molar-refractivity contribution in [2.24, 2.45) is 11.8 Å². The molecule has 2 aliphatic rings. The first kappa shape index (κ1) is 23.9. The molecule has 10 heteroatoms. The number of amides is 1. The standard InChI is InChI=1S/C29H25F3N6O/c30-29(31,32)23-7-8-25-24(12-23)35-27(38(25)16-17-9-10-37(15-17)28(39)20-5-6-20)19-3-1-18(2-4-19)21-11-22-14-34-36-26(22)33-13-21/h1-4,7-8,11-14,17,20H,5-6,9-10,15-16H2,(H,33,34,36)/t17-/m1/s1. The van der Waals surface area contributed by atoms with Gasteiger partial charge in [0.05, 0.1) is 22.8 Å². The molecule has 0 unspecified atom stereocenters. The second-order valence-corrected chi connectivity index (χ2v) is 10.6. The summed E-state index contributed by atoms with van der Waals surface area (Å²) in [6.07, 6.45) is 1.86. The third kappa shape index (κ3) is 4.43. The van der Waals surface area contributed by atoms with Gasteiger partial charge < -0.3 is 9.47 Å². The Morgan fingerprint density at radius 2 is 1.77 bits per heavy atom. The number of carbonyl (C=O) groups excluding carboxylic acids is 1. The van der Waals surface area contributed by atoms with Crippen LogP contribution >= 0.6 is 0 Å². The lowest BCUT2D eigenvalue weighted by Gasteiger charge is -2.18. The number of hydrogen-bond donors (Lipinski definition) is 1. The van der Waals surface area contributed by atoms with Crippen LogP contribution in [0, 0.1) is 11.8 Å². The summed E-state index contributed by atoms with van der Waals surface area (Å²) in [5, 5.41) is 7.77. The van der Waals surface area contributed by atoms with E-state index in [2.05, 4.69) is 20.2 Å². The van der Waals surface area contributed by atoms with Gasteiger partial charge in [-0.1, -0.05) is 24.3 Å². The fraction of sp³-hybridized carbons (Fsp3) is 0.310. The highest BCUT2D eigenvalue weighted by molar-refractivity contribution is 5.84. The molecule has 1 saturated heterocycles. The number of H-pyrrole nitrogens is 1. The van der Waals surface area contributed by atoms with E-state index in [-0.39, 0.29) is 17.7 Å². The van der Waals surface area contributed by atoms with Crippen molar-refractivity contribution >= 4 is 28.0 Å². The van der Waals surface area contributed by atoms with Crippen LogP contribution in [-0.4, -0.2) is 48.6 Å². The minimum Gasteiger partial charge on any atom is -0.342 e. The molecule has 0 radical (unpaired) electrons. The van der Waals surface area contributed by atoms with E-state index in [0.29, 0.717) is 35.6 Å². The smallest absolute Gasteiger partial charge is 0.342 e. The van der Waals surface area contributed by atoms with Crippen LogP contribution < -0.4 is 0 Å². The Morgan fingerprint density at radius 3 is 2.54 bits per heavy atom. The molecule has 4 heterocycles. The zero-order valence-corrected chi connectivity index (χ0v) is 20.9. The summed E-state index contributed by atoms with van der Waals surface area (Å²) in [4.78, 5) is 23.6. The molecule has 1 amide bonds. The Bertz CT molecular complexity index is 1700. The molecular weight excluding hydrogens is 505 g/mol. The summed E-state index contributed by atoms with van der Waals surface area (Å²) < 4.78 is 42.4. The van der Waals surface area contributed by atoms with Crippen LogP contribution in [0.1, 0.15) is 24.8 Å². The zero-order valence-electron chi connectivity index (χ0n) is 20.9. The second kappa shape index (κ2) is 8.93. The molecule has 1 aliphatic carbocycles. The van der Waals surface area contributed by atoms with E-state index in [9.17, 15) is 18.0 Å². The first-order valence-electron chi connectivity index (χ1n) is 13.1. The summed E-state index contributed by atoms with van der Waals surface area (Å²) in [5.41, 5.74) is 3.67. The fourth-order valence-corrected chi connectivity index (χ4v) is 5.55. The van der Waals surface area contributed by atoms with Gasteiger partial charge in [0.15, 0.2) is 5.65 Å². The Balaban J connectivity index is 1.24. The number of aromatic amines is 1. The number of nitrogens with one attached hydrogen (secondary N) is 1. The monoisotopic (exact) mass is 530 g/mol. The third-order valence-electron chi connectivity index (χ3n) is 7.81. The van der Waals surface area contributed by atoms with Crippen LogP contribution in [0.5, 0.6) is 0 Å². The van der Waals surface area contributed by atoms with Crippen LogP contribution in [0.3, 0.4) is 0 Å². The highest BCUT2D eigenvalue weighted by Gasteiger charge is 2.37. The number of alkyl halides is 3. The first-order valence-corrected chi connectivity index (χ1v) is 13.1. The number of pyridine rings is 1. The molecule has 7 rings (SSSR count). The molecule has 1 saturated carbocycles. The summed E-state index contributed by atoms with van der Waals surface area (Å²) in [5.74, 6) is 1.24. The van der Waals surface area contributed by atoms with Gasteiger partial charge >= 0.3 is 6.18 Å². The molecule has 39 heavy (non-hydrogen) atoms. The van der Waals surface area contributed by atoms with E-state index in [1.165, 1.54) is 6.07 Å². The summed E-state index contributed by atoms with van der Waals surface area (Å²) in [6.45, 7) is 1.97. The maximum atomic E-state index is 13.5. The van der Waals surface area contributed by atoms with Crippen LogP contribution in [0.15, 0.2) is 60.9 Å². The first-order chi connectivity index (χ1) is 18.8. The quantitative estimate of drug-likeness (QED) is 0.306. The van der Waals surface area contributed by atoms with Crippen molar-refractivity contribution in [2.75, 3.05) is 13.1 Å². The van der Waals surface area contributed by atoms with E-state index in [1.807, 2.05) is 39.8 Å². The molecule has 7 nitrogen and oxygen atoms in total. The van der Waals surface area contributed by atoms with E-state index >= 15 is 0 Å². The van der Waals surface area contributed by atoms with Crippen LogP contribution in [-0.2, 0) is 17.5 Å². The minimum absolute atomic E-state index is 0.178. The number of fused-ring (bicyclic) bond motifs is 2. The molecule has 3 aromatic heterocycles. The average molecular weight is 531 g/mol. The van der Waals surface area contributed by atoms with Crippen molar-refractivity contribution in [1.29, 1.82) is 0 Å². The van der Waals surface area contributed by atoms with Gasteiger partial charge in [0.1, 0.15) is 5.82 Å². The molecule has 1 aliphatic heterocycles. The lowest BCUT2D eigenvalue weighted by atomic mass is 10.0. The van der Waals surface area contributed by atoms with Gasteiger partial charge in [0.2, 0.25) is 5.91 Å². The second-order valence-electron chi connectivity index (χ2n) is 10.6. The van der Waals surface area contributed by atoms with Crippen molar-refractivity contribution in [3.8, 4) is 22.5 Å². The van der Waals surface area contributed by atoms with E-state index in [4.69, 9.17) is 0 Å². The van der Waals surface area contributed by atoms with E-state index in [1.54, 1.807) is 12.4 Å². The van der Waals surface area contributed by atoms with E-state index in [0.717, 1.165) is 60.0 Å². The average Bonchev–Trinajstić information content (AvgIpc) is 3.33. The zero-order chi connectivity index (χ0) is 26.7. The van der Waals surface area contributed by atoms with Gasteiger partial charge in [0.25, 0.3) is 0 Å². The predicted molar refractivity (Wildman–Crippen MR) is 140 cm³/mol. The third-order valence-corrected chi connectivity index (χ3v) is 7.81. The molecular formula is C29H25F3N6O. The summed E-state index contributed by atoms with van der Waals surface area (Å²) in [6, 6.07) is 13.6. The molecule has 198 valence electrons. The predicted octanol–water partition coefficient (Wildman–Crippen LogP) is 5.92. The number of benzene rings is 2. The Morgan fingerprint density at radius 1 is 0.974 bits per heavy atom. The van der Waals surface area contributed by atoms with E-state index < -0.39 is 11.7 Å². The number of nitrogens with zero attached hydrogens (tertiary/aromatic N) is 5. The van der Waals surface area contributed by atoms with Crippen molar-refractivity contribution in [2.45, 2.75) is 32.0 Å². The maximum Gasteiger partial charge on any atom is 0.416 e. The molecule has 1 atom stereocenters. The molecule has 1 N–H and O–H groups in total. The largest absolute Gasteiger partial charge is 0.416 e. The van der Waals surface area contributed by atoms with Crippen molar-refractivity contribution in [3.05, 3.63) is 66.5 Å². The van der Waals surface area contributed by atoms with Crippen LogP contribution in [0.25, 0.3) is 44.6 Å². The summed E-state index contributed by atoms with van der Waals surface area (Å²) >= 11 is 0. The highest BCUT2D eigenvalue weighted by atomic mass is 19.4. The van der Waals surface area contributed by atoms with Gasteiger partial charge in [-0.2, -0.15) is 18.3 Å². The van der Waals surface area contributed by atoms with Gasteiger partial charge in [-0.25, -0.2) is 9.97 Å². The Kier molecular flexibility index (Phi) is 5.47. The number of likely N-dealkylation sites (tertiary alicyclic amines) is 1. The minimum atomic E-state index is -4.45. The lowest BCUT2D eigenvalue weighted by Crippen LogP contribution is -2.30. The SMILES string of the molecule is O=C(C1CC1)N1CC[C@@H](Cn2c(-c3ccc(-c4cnc5[nH]ncc5c4)cc3)nc3cc(C(F)(F)F)ccc32)C1. The van der Waals surface area contributed by atoms with Crippen molar-refractivity contribution in [1.82, 2.24) is 29.6 Å². The molecule has 0 bridgehead atoms. The topological polar surface area (TPSA) is 79.7 Å². The number of halogens is 3. The van der Waals surface area contributed by atoms with Crippen molar-refractivity contribution < 1.29 is 18.0 Å². The molecule has 2 fully saturated rings. The van der Waals surface area contributed by atoms with Gasteiger partial charge in [-0.3, -0.25) is 9.89 Å². The van der Waals surface area contributed by atoms with Gasteiger partial charge in [0, 0.05) is 48.3 Å². The van der Waals surface area contributed by atoms with Crippen LogP contribution in [0.2, 0.25) is 0 Å². The number of aromatic nitrogens is 5. The molecule has 2 aromatic carbocycles. The van der Waals surface area contributed by atoms with Gasteiger partial charge in [-0.05, 0) is 55.0 Å². The van der Waals surface area contributed by atoms with Crippen LogP contribution in [0.4, 0.5) is 13.2 Å². The highest BCUT2D eigenvalue weighted by Crippen LogP contribution is 2.36. The summed E-state index contributed by atoms with van der Waals surface area (Å²) in [7, 11) is 0. The molecule has 0 spiro atoms. The Hall–Kier alpha value is -4.21. The molecule has 5 aromatic rings. The number of imidazole rings is 1. The number of rotatable bonds is 5. The lowest BCUT2D eigenvalue weighted by molar-refractivity contribution is -0.137. The Labute approximate surface area is 221 Å². The normalized spacial score (nSPS) is 17.9.